The Labute approximate surface area is 129 Å². The van der Waals surface area contributed by atoms with Gasteiger partial charge < -0.3 is 20.1 Å². The predicted molar refractivity (Wildman–Crippen MR) is 82.7 cm³/mol. The zero-order valence-electron chi connectivity index (χ0n) is 13.2. The first-order valence-electron chi connectivity index (χ1n) is 7.17. The number of hydrogen-bond donors (Lipinski definition) is 2. The maximum Gasteiger partial charge on any atom is 0.387 e. The van der Waals surface area contributed by atoms with Crippen molar-refractivity contribution in [1.82, 2.24) is 10.6 Å². The van der Waals surface area contributed by atoms with E-state index in [-0.39, 0.29) is 5.75 Å². The minimum absolute atomic E-state index is 0.118. The zero-order valence-corrected chi connectivity index (χ0v) is 13.2. The molecule has 0 atom stereocenters. The molecule has 0 radical (unpaired) electrons. The third kappa shape index (κ3) is 6.15. The Bertz CT molecular complexity index is 482. The lowest BCUT2D eigenvalue weighted by molar-refractivity contribution is -0.0504. The first-order valence-corrected chi connectivity index (χ1v) is 7.17. The fourth-order valence-corrected chi connectivity index (χ4v) is 1.82. The second-order valence-corrected chi connectivity index (χ2v) is 4.56. The van der Waals surface area contributed by atoms with Crippen molar-refractivity contribution in [2.45, 2.75) is 32.9 Å². The van der Waals surface area contributed by atoms with Crippen LogP contribution in [0.4, 0.5) is 8.78 Å². The van der Waals surface area contributed by atoms with Crippen LogP contribution in [0, 0.1) is 0 Å². The molecule has 0 amide bonds. The Morgan fingerprint density at radius 2 is 2.09 bits per heavy atom. The van der Waals surface area contributed by atoms with E-state index >= 15 is 0 Å². The molecule has 0 aliphatic carbocycles. The first kappa shape index (κ1) is 18.0. The second-order valence-electron chi connectivity index (χ2n) is 4.56. The van der Waals surface area contributed by atoms with Crippen molar-refractivity contribution in [2.75, 3.05) is 20.7 Å². The number of rotatable bonds is 8. The van der Waals surface area contributed by atoms with Crippen LogP contribution in [0.2, 0.25) is 0 Å². The molecule has 0 spiro atoms. The monoisotopic (exact) mass is 315 g/mol. The van der Waals surface area contributed by atoms with Crippen LogP contribution in [0.1, 0.15) is 25.3 Å². The van der Waals surface area contributed by atoms with Crippen molar-refractivity contribution in [3.05, 3.63) is 23.8 Å². The van der Waals surface area contributed by atoms with Gasteiger partial charge in [-0.3, -0.25) is 4.99 Å². The summed E-state index contributed by atoms with van der Waals surface area (Å²) >= 11 is 0. The van der Waals surface area contributed by atoms with E-state index in [0.717, 1.165) is 19.4 Å². The largest absolute Gasteiger partial charge is 0.497 e. The molecule has 2 N–H and O–H groups in total. The quantitative estimate of drug-likeness (QED) is 0.440. The average Bonchev–Trinajstić information content (AvgIpc) is 2.51. The molecule has 0 heterocycles. The molecule has 0 unspecified atom stereocenters. The molecule has 7 heteroatoms. The molecule has 0 fully saturated rings. The summed E-state index contributed by atoms with van der Waals surface area (Å²) < 4.78 is 34.5. The van der Waals surface area contributed by atoms with Gasteiger partial charge in [0, 0.05) is 25.7 Å². The van der Waals surface area contributed by atoms with Crippen molar-refractivity contribution in [1.29, 1.82) is 0 Å². The van der Waals surface area contributed by atoms with E-state index in [2.05, 4.69) is 27.3 Å². The summed E-state index contributed by atoms with van der Waals surface area (Å²) in [7, 11) is 3.18. The fourth-order valence-electron chi connectivity index (χ4n) is 1.82. The lowest BCUT2D eigenvalue weighted by Gasteiger charge is -2.15. The second kappa shape index (κ2) is 9.81. The maximum absolute atomic E-state index is 12.4. The van der Waals surface area contributed by atoms with E-state index in [1.54, 1.807) is 19.2 Å². The molecule has 1 rings (SSSR count). The lowest BCUT2D eigenvalue weighted by atomic mass is 10.2. The SMILES string of the molecule is CCCCNC(=NC)NCc1cc(OC)ccc1OC(F)F. The standard InChI is InChI=1S/C15H23F2N3O2/c1-4-5-8-19-15(18-2)20-10-11-9-12(21-3)6-7-13(11)22-14(16)17/h6-7,9,14H,4-5,8,10H2,1-3H3,(H2,18,19,20). The first-order chi connectivity index (χ1) is 10.6. The Kier molecular flexibility index (Phi) is 8.03. The molecule has 0 bridgehead atoms. The number of halogens is 2. The number of alkyl halides is 2. The van der Waals surface area contributed by atoms with Crippen LogP contribution >= 0.6 is 0 Å². The minimum atomic E-state index is -2.87. The molecule has 1 aromatic rings. The highest BCUT2D eigenvalue weighted by atomic mass is 19.3. The Hall–Kier alpha value is -2.05. The number of ether oxygens (including phenoxy) is 2. The number of benzene rings is 1. The number of unbranched alkanes of at least 4 members (excludes halogenated alkanes) is 1. The third-order valence-corrected chi connectivity index (χ3v) is 2.98. The highest BCUT2D eigenvalue weighted by molar-refractivity contribution is 5.79. The summed E-state index contributed by atoms with van der Waals surface area (Å²) in [6, 6.07) is 4.70. The van der Waals surface area contributed by atoms with Gasteiger partial charge in [-0.15, -0.1) is 0 Å². The Morgan fingerprint density at radius 3 is 2.68 bits per heavy atom. The van der Waals surface area contributed by atoms with E-state index in [1.807, 2.05) is 0 Å². The van der Waals surface area contributed by atoms with Crippen molar-refractivity contribution < 1.29 is 18.3 Å². The van der Waals surface area contributed by atoms with Gasteiger partial charge in [0.2, 0.25) is 0 Å². The van der Waals surface area contributed by atoms with Crippen molar-refractivity contribution in [2.24, 2.45) is 4.99 Å². The summed E-state index contributed by atoms with van der Waals surface area (Å²) in [6.07, 6.45) is 2.10. The summed E-state index contributed by atoms with van der Waals surface area (Å²) in [6.45, 7) is 0.330. The van der Waals surface area contributed by atoms with Gasteiger partial charge in [-0.25, -0.2) is 0 Å². The van der Waals surface area contributed by atoms with Crippen LogP contribution in [0.5, 0.6) is 11.5 Å². The summed E-state index contributed by atoms with van der Waals surface area (Å²) in [5, 5.41) is 6.22. The minimum Gasteiger partial charge on any atom is -0.497 e. The number of nitrogens with zero attached hydrogens (tertiary/aromatic N) is 1. The van der Waals surface area contributed by atoms with Crippen molar-refractivity contribution >= 4 is 5.96 Å². The summed E-state index contributed by atoms with van der Waals surface area (Å²) in [5.74, 6) is 1.30. The van der Waals surface area contributed by atoms with Crippen molar-refractivity contribution in [3.8, 4) is 11.5 Å². The van der Waals surface area contributed by atoms with E-state index < -0.39 is 6.61 Å². The van der Waals surface area contributed by atoms with Crippen molar-refractivity contribution in [3.63, 3.8) is 0 Å². The van der Waals surface area contributed by atoms with Gasteiger partial charge >= 0.3 is 6.61 Å². The highest BCUT2D eigenvalue weighted by Gasteiger charge is 2.11. The normalized spacial score (nSPS) is 11.5. The number of guanidine groups is 1. The highest BCUT2D eigenvalue weighted by Crippen LogP contribution is 2.25. The van der Waals surface area contributed by atoms with Gasteiger partial charge in [0.15, 0.2) is 5.96 Å². The third-order valence-electron chi connectivity index (χ3n) is 2.98. The molecular weight excluding hydrogens is 292 g/mol. The van der Waals surface area contributed by atoms with E-state index in [4.69, 9.17) is 4.74 Å². The Balaban J connectivity index is 2.72. The molecule has 0 saturated carbocycles. The predicted octanol–water partition coefficient (Wildman–Crippen LogP) is 2.76. The van der Waals surface area contributed by atoms with Gasteiger partial charge in [0.25, 0.3) is 0 Å². The Morgan fingerprint density at radius 1 is 1.32 bits per heavy atom. The molecule has 5 nitrogen and oxygen atoms in total. The molecule has 1 aromatic carbocycles. The van der Waals surface area contributed by atoms with Gasteiger partial charge in [0.05, 0.1) is 7.11 Å². The van der Waals surface area contributed by atoms with E-state index in [0.29, 0.717) is 23.8 Å². The van der Waals surface area contributed by atoms with Crippen LogP contribution in [0.25, 0.3) is 0 Å². The summed E-state index contributed by atoms with van der Waals surface area (Å²) in [4.78, 5) is 4.08. The maximum atomic E-state index is 12.4. The van der Waals surface area contributed by atoms with Crippen LogP contribution in [-0.2, 0) is 6.54 Å². The molecule has 0 aromatic heterocycles. The number of methoxy groups -OCH3 is 1. The number of nitrogens with one attached hydrogen (secondary N) is 2. The molecule has 22 heavy (non-hydrogen) atoms. The van der Waals surface area contributed by atoms with E-state index in [1.165, 1.54) is 13.2 Å². The molecule has 124 valence electrons. The summed E-state index contributed by atoms with van der Waals surface area (Å²) in [5.41, 5.74) is 0.568. The van der Waals surface area contributed by atoms with E-state index in [9.17, 15) is 8.78 Å². The van der Waals surface area contributed by atoms with Crippen LogP contribution in [0.15, 0.2) is 23.2 Å². The van der Waals surface area contributed by atoms with Gasteiger partial charge in [-0.2, -0.15) is 8.78 Å². The number of aliphatic imine (C=N–C) groups is 1. The van der Waals surface area contributed by atoms with Crippen LogP contribution in [0.3, 0.4) is 0 Å². The average molecular weight is 315 g/mol. The molecule has 0 aliphatic heterocycles. The number of hydrogen-bond acceptors (Lipinski definition) is 3. The topological polar surface area (TPSA) is 54.9 Å². The van der Waals surface area contributed by atoms with Gasteiger partial charge in [0.1, 0.15) is 11.5 Å². The molecule has 0 saturated heterocycles. The lowest BCUT2D eigenvalue weighted by Crippen LogP contribution is -2.37. The molecule has 0 aliphatic rings. The van der Waals surface area contributed by atoms with Crippen LogP contribution in [-0.4, -0.2) is 33.3 Å². The van der Waals surface area contributed by atoms with Gasteiger partial charge in [-0.1, -0.05) is 13.3 Å². The van der Waals surface area contributed by atoms with Crippen LogP contribution < -0.4 is 20.1 Å². The smallest absolute Gasteiger partial charge is 0.387 e. The molecular formula is C15H23F2N3O2. The zero-order chi connectivity index (χ0) is 16.4. The fraction of sp³-hybridized carbons (Fsp3) is 0.533. The van der Waals surface area contributed by atoms with Gasteiger partial charge in [-0.05, 0) is 24.6 Å².